The minimum absolute atomic E-state index is 0.140. The van der Waals surface area contributed by atoms with E-state index in [1.807, 2.05) is 30.3 Å². The van der Waals surface area contributed by atoms with Gasteiger partial charge in [0.25, 0.3) is 0 Å². The molecule has 0 aromatic heterocycles. The third-order valence-corrected chi connectivity index (χ3v) is 3.88. The lowest BCUT2D eigenvalue weighted by Crippen LogP contribution is -2.08. The molecule has 0 unspecified atom stereocenters. The molecule has 0 aliphatic heterocycles. The molecule has 134 valence electrons. The molecule has 3 rings (SSSR count). The zero-order chi connectivity index (χ0) is 19.1. The van der Waals surface area contributed by atoms with Crippen LogP contribution in [0.5, 0.6) is 11.5 Å². The highest BCUT2D eigenvalue weighted by Gasteiger charge is 2.08. The molecule has 0 spiro atoms. The summed E-state index contributed by atoms with van der Waals surface area (Å²) in [5, 5.41) is 0. The van der Waals surface area contributed by atoms with Crippen molar-refractivity contribution in [3.8, 4) is 11.5 Å². The first kappa shape index (κ1) is 18.1. The first-order chi connectivity index (χ1) is 13.2. The van der Waals surface area contributed by atoms with Gasteiger partial charge in [0.2, 0.25) is 0 Å². The molecule has 0 amide bonds. The highest BCUT2D eigenvalue weighted by atomic mass is 16.5. The van der Waals surface area contributed by atoms with Crippen LogP contribution in [-0.4, -0.2) is 18.9 Å². The van der Waals surface area contributed by atoms with E-state index in [-0.39, 0.29) is 5.78 Å². The molecular weight excluding hydrogens is 340 g/mol. The number of methoxy groups -OCH3 is 1. The number of esters is 1. The van der Waals surface area contributed by atoms with Gasteiger partial charge in [-0.2, -0.15) is 0 Å². The summed E-state index contributed by atoms with van der Waals surface area (Å²) in [6, 6.07) is 22.6. The average Bonchev–Trinajstić information content (AvgIpc) is 2.73. The van der Waals surface area contributed by atoms with Crippen LogP contribution in [0.4, 0.5) is 0 Å². The molecule has 0 heterocycles. The number of allylic oxidation sites excluding steroid dienone is 1. The molecule has 0 radical (unpaired) electrons. The Hall–Kier alpha value is -3.66. The summed E-state index contributed by atoms with van der Waals surface area (Å²) in [4.78, 5) is 24.3. The summed E-state index contributed by atoms with van der Waals surface area (Å²) in [6.45, 7) is 0. The van der Waals surface area contributed by atoms with E-state index in [0.29, 0.717) is 16.9 Å². The SMILES string of the molecule is COc1cccc(C=CC(=O)c2ccc(OC(=O)c3ccccc3)cc2)c1. The lowest BCUT2D eigenvalue weighted by atomic mass is 10.1. The molecule has 4 heteroatoms. The molecule has 4 nitrogen and oxygen atoms in total. The number of carbonyl (C=O) groups excluding carboxylic acids is 2. The molecular formula is C23H18O4. The van der Waals surface area contributed by atoms with Crippen LogP contribution in [0.3, 0.4) is 0 Å². The fourth-order valence-corrected chi connectivity index (χ4v) is 2.44. The molecule has 0 aliphatic rings. The van der Waals surface area contributed by atoms with Crippen molar-refractivity contribution in [1.82, 2.24) is 0 Å². The van der Waals surface area contributed by atoms with Crippen LogP contribution in [0.15, 0.2) is 84.9 Å². The number of benzene rings is 3. The summed E-state index contributed by atoms with van der Waals surface area (Å²) in [5.74, 6) is 0.540. The van der Waals surface area contributed by atoms with E-state index in [1.54, 1.807) is 61.7 Å². The molecule has 0 aliphatic carbocycles. The van der Waals surface area contributed by atoms with E-state index in [2.05, 4.69) is 0 Å². The zero-order valence-corrected chi connectivity index (χ0v) is 14.8. The van der Waals surface area contributed by atoms with Crippen molar-refractivity contribution in [3.63, 3.8) is 0 Å². The molecule has 3 aromatic carbocycles. The van der Waals surface area contributed by atoms with Gasteiger partial charge in [-0.25, -0.2) is 4.79 Å². The third-order valence-electron chi connectivity index (χ3n) is 3.88. The smallest absolute Gasteiger partial charge is 0.343 e. The predicted octanol–water partition coefficient (Wildman–Crippen LogP) is 4.81. The van der Waals surface area contributed by atoms with Gasteiger partial charge in [0.15, 0.2) is 5.78 Å². The second-order valence-corrected chi connectivity index (χ2v) is 5.75. The fourth-order valence-electron chi connectivity index (χ4n) is 2.44. The molecule has 0 bridgehead atoms. The molecule has 3 aromatic rings. The van der Waals surface area contributed by atoms with Gasteiger partial charge in [0.1, 0.15) is 11.5 Å². The van der Waals surface area contributed by atoms with Crippen molar-refractivity contribution in [2.45, 2.75) is 0 Å². The summed E-state index contributed by atoms with van der Waals surface area (Å²) in [7, 11) is 1.60. The Morgan fingerprint density at radius 2 is 1.52 bits per heavy atom. The van der Waals surface area contributed by atoms with Crippen molar-refractivity contribution < 1.29 is 19.1 Å². The number of ketones is 1. The molecule has 0 saturated carbocycles. The minimum Gasteiger partial charge on any atom is -0.497 e. The van der Waals surface area contributed by atoms with Crippen molar-refractivity contribution in [2.24, 2.45) is 0 Å². The minimum atomic E-state index is -0.437. The highest BCUT2D eigenvalue weighted by molar-refractivity contribution is 6.06. The lowest BCUT2D eigenvalue weighted by Gasteiger charge is -2.05. The second kappa shape index (κ2) is 8.63. The van der Waals surface area contributed by atoms with Crippen molar-refractivity contribution in [2.75, 3.05) is 7.11 Å². The molecule has 0 atom stereocenters. The number of carbonyl (C=O) groups is 2. The van der Waals surface area contributed by atoms with Crippen molar-refractivity contribution in [3.05, 3.63) is 102 Å². The van der Waals surface area contributed by atoms with Gasteiger partial charge in [-0.15, -0.1) is 0 Å². The quantitative estimate of drug-likeness (QED) is 0.275. The summed E-state index contributed by atoms with van der Waals surface area (Å²) in [5.41, 5.74) is 1.85. The standard InChI is InChI=1S/C23H18O4/c1-26-21-9-5-6-17(16-21)10-15-22(24)18-11-13-20(14-12-18)27-23(25)19-7-3-2-4-8-19/h2-16H,1H3. The van der Waals surface area contributed by atoms with Gasteiger partial charge in [-0.1, -0.05) is 36.4 Å². The summed E-state index contributed by atoms with van der Waals surface area (Å²) >= 11 is 0. The van der Waals surface area contributed by atoms with Crippen LogP contribution >= 0.6 is 0 Å². The van der Waals surface area contributed by atoms with Crippen LogP contribution in [-0.2, 0) is 0 Å². The Kier molecular flexibility index (Phi) is 5.80. The first-order valence-electron chi connectivity index (χ1n) is 8.39. The number of ether oxygens (including phenoxy) is 2. The van der Waals surface area contributed by atoms with E-state index < -0.39 is 5.97 Å². The van der Waals surface area contributed by atoms with Crippen LogP contribution in [0, 0.1) is 0 Å². The Morgan fingerprint density at radius 1 is 0.778 bits per heavy atom. The van der Waals surface area contributed by atoms with Gasteiger partial charge in [-0.05, 0) is 60.2 Å². The monoisotopic (exact) mass is 358 g/mol. The average molecular weight is 358 g/mol. The van der Waals surface area contributed by atoms with Gasteiger partial charge >= 0.3 is 5.97 Å². The topological polar surface area (TPSA) is 52.6 Å². The Balaban J connectivity index is 1.65. The van der Waals surface area contributed by atoms with E-state index >= 15 is 0 Å². The first-order valence-corrected chi connectivity index (χ1v) is 8.39. The van der Waals surface area contributed by atoms with Crippen LogP contribution in [0.25, 0.3) is 6.08 Å². The maximum Gasteiger partial charge on any atom is 0.343 e. The normalized spacial score (nSPS) is 10.6. The largest absolute Gasteiger partial charge is 0.497 e. The number of hydrogen-bond acceptors (Lipinski definition) is 4. The Labute approximate surface area is 157 Å². The van der Waals surface area contributed by atoms with Gasteiger partial charge in [-0.3, -0.25) is 4.79 Å². The number of hydrogen-bond donors (Lipinski definition) is 0. The third kappa shape index (κ3) is 4.92. The van der Waals surface area contributed by atoms with E-state index in [9.17, 15) is 9.59 Å². The van der Waals surface area contributed by atoms with Gasteiger partial charge in [0.05, 0.1) is 12.7 Å². The molecule has 0 fully saturated rings. The summed E-state index contributed by atoms with van der Waals surface area (Å²) < 4.78 is 10.5. The van der Waals surface area contributed by atoms with E-state index in [0.717, 1.165) is 11.3 Å². The van der Waals surface area contributed by atoms with Crippen LogP contribution in [0.1, 0.15) is 26.3 Å². The lowest BCUT2D eigenvalue weighted by molar-refractivity contribution is 0.0734. The zero-order valence-electron chi connectivity index (χ0n) is 14.8. The van der Waals surface area contributed by atoms with Crippen LogP contribution < -0.4 is 9.47 Å². The number of rotatable bonds is 6. The Bertz CT molecular complexity index is 957. The van der Waals surface area contributed by atoms with Crippen molar-refractivity contribution in [1.29, 1.82) is 0 Å². The fraction of sp³-hybridized carbons (Fsp3) is 0.0435. The van der Waals surface area contributed by atoms with Crippen molar-refractivity contribution >= 4 is 17.8 Å². The Morgan fingerprint density at radius 3 is 2.22 bits per heavy atom. The molecule has 27 heavy (non-hydrogen) atoms. The van der Waals surface area contributed by atoms with E-state index in [1.165, 1.54) is 6.08 Å². The van der Waals surface area contributed by atoms with E-state index in [4.69, 9.17) is 9.47 Å². The van der Waals surface area contributed by atoms with Gasteiger partial charge < -0.3 is 9.47 Å². The highest BCUT2D eigenvalue weighted by Crippen LogP contribution is 2.17. The van der Waals surface area contributed by atoms with Gasteiger partial charge in [0, 0.05) is 5.56 Å². The summed E-state index contributed by atoms with van der Waals surface area (Å²) in [6.07, 6.45) is 3.23. The second-order valence-electron chi connectivity index (χ2n) is 5.75. The molecule has 0 N–H and O–H groups in total. The maximum atomic E-state index is 12.3. The molecule has 0 saturated heterocycles. The van der Waals surface area contributed by atoms with Crippen LogP contribution in [0.2, 0.25) is 0 Å². The predicted molar refractivity (Wildman–Crippen MR) is 104 cm³/mol. The maximum absolute atomic E-state index is 12.3.